The highest BCUT2D eigenvalue weighted by molar-refractivity contribution is 5.95. The van der Waals surface area contributed by atoms with Crippen molar-refractivity contribution < 1.29 is 14.0 Å². The van der Waals surface area contributed by atoms with E-state index in [2.05, 4.69) is 11.8 Å². The molecule has 142 valence electrons. The Morgan fingerprint density at radius 1 is 1.19 bits per heavy atom. The summed E-state index contributed by atoms with van der Waals surface area (Å²) in [6.07, 6.45) is 5.34. The summed E-state index contributed by atoms with van der Waals surface area (Å²) >= 11 is 0. The summed E-state index contributed by atoms with van der Waals surface area (Å²) in [4.78, 5) is 28.7. The number of hydrogen-bond acceptors (Lipinski definition) is 3. The molecule has 2 aliphatic heterocycles. The molecule has 2 fully saturated rings. The number of carbonyl (C=O) groups excluding carboxylic acids is 2. The van der Waals surface area contributed by atoms with Gasteiger partial charge in [0.25, 0.3) is 0 Å². The van der Waals surface area contributed by atoms with Gasteiger partial charge in [-0.05, 0) is 70.0 Å². The molecule has 0 N–H and O–H groups in total. The van der Waals surface area contributed by atoms with Gasteiger partial charge in [0.2, 0.25) is 5.91 Å². The van der Waals surface area contributed by atoms with Crippen LogP contribution in [0.5, 0.6) is 0 Å². The zero-order chi connectivity index (χ0) is 18.6. The van der Waals surface area contributed by atoms with Crippen LogP contribution < -0.4 is 0 Å². The third kappa shape index (κ3) is 4.50. The minimum Gasteiger partial charge on any atom is -0.342 e. The maximum absolute atomic E-state index is 13.0. The molecule has 0 aliphatic carbocycles. The lowest BCUT2D eigenvalue weighted by Crippen LogP contribution is -2.54. The fourth-order valence-electron chi connectivity index (χ4n) is 4.47. The molecule has 2 saturated heterocycles. The van der Waals surface area contributed by atoms with E-state index in [1.54, 1.807) is 12.1 Å². The van der Waals surface area contributed by atoms with Gasteiger partial charge in [-0.25, -0.2) is 4.39 Å². The molecular weight excluding hydrogens is 331 g/mol. The SMILES string of the molecule is CCN1CC2(CCCN(CCCC(=O)c3ccc(F)cc3)C2)CCC1=O. The first-order valence-corrected chi connectivity index (χ1v) is 9.80. The van der Waals surface area contributed by atoms with E-state index in [1.807, 2.05) is 4.90 Å². The van der Waals surface area contributed by atoms with E-state index in [4.69, 9.17) is 0 Å². The van der Waals surface area contributed by atoms with Gasteiger partial charge in [0.15, 0.2) is 5.78 Å². The third-order valence-corrected chi connectivity index (χ3v) is 5.91. The van der Waals surface area contributed by atoms with Gasteiger partial charge in [-0.15, -0.1) is 0 Å². The molecule has 0 bridgehead atoms. The van der Waals surface area contributed by atoms with Crippen LogP contribution in [0.3, 0.4) is 0 Å². The average Bonchev–Trinajstić information content (AvgIpc) is 2.65. The van der Waals surface area contributed by atoms with Crippen molar-refractivity contribution >= 4 is 11.7 Å². The zero-order valence-electron chi connectivity index (χ0n) is 15.7. The van der Waals surface area contributed by atoms with Gasteiger partial charge < -0.3 is 9.80 Å². The topological polar surface area (TPSA) is 40.6 Å². The van der Waals surface area contributed by atoms with Gasteiger partial charge in [0.05, 0.1) is 0 Å². The van der Waals surface area contributed by atoms with Crippen LogP contribution in [-0.4, -0.2) is 54.2 Å². The molecule has 0 radical (unpaired) electrons. The predicted octanol–water partition coefficient (Wildman–Crippen LogP) is 3.51. The number of ketones is 1. The highest BCUT2D eigenvalue weighted by Gasteiger charge is 2.40. The quantitative estimate of drug-likeness (QED) is 0.729. The predicted molar refractivity (Wildman–Crippen MR) is 99.6 cm³/mol. The molecule has 2 aliphatic rings. The minimum absolute atomic E-state index is 0.0807. The second-order valence-corrected chi connectivity index (χ2v) is 7.82. The highest BCUT2D eigenvalue weighted by atomic mass is 19.1. The van der Waals surface area contributed by atoms with Crippen molar-refractivity contribution in [3.8, 4) is 0 Å². The van der Waals surface area contributed by atoms with Gasteiger partial charge >= 0.3 is 0 Å². The van der Waals surface area contributed by atoms with Gasteiger partial charge in [0.1, 0.15) is 5.82 Å². The van der Waals surface area contributed by atoms with Crippen LogP contribution in [0.4, 0.5) is 4.39 Å². The first kappa shape index (κ1) is 19.0. The molecule has 1 unspecified atom stereocenters. The smallest absolute Gasteiger partial charge is 0.222 e. The lowest BCUT2D eigenvalue weighted by atomic mass is 9.73. The summed E-state index contributed by atoms with van der Waals surface area (Å²) in [7, 11) is 0. The maximum Gasteiger partial charge on any atom is 0.222 e. The number of nitrogens with zero attached hydrogens (tertiary/aromatic N) is 2. The Morgan fingerprint density at radius 3 is 2.69 bits per heavy atom. The van der Waals surface area contributed by atoms with Crippen molar-refractivity contribution in [2.24, 2.45) is 5.41 Å². The van der Waals surface area contributed by atoms with E-state index in [0.717, 1.165) is 52.0 Å². The van der Waals surface area contributed by atoms with E-state index in [-0.39, 0.29) is 17.0 Å². The largest absolute Gasteiger partial charge is 0.342 e. The molecule has 0 saturated carbocycles. The zero-order valence-corrected chi connectivity index (χ0v) is 15.7. The van der Waals surface area contributed by atoms with Crippen molar-refractivity contribution in [2.45, 2.75) is 45.4 Å². The number of benzene rings is 1. The second-order valence-electron chi connectivity index (χ2n) is 7.82. The first-order valence-electron chi connectivity index (χ1n) is 9.80. The molecule has 2 heterocycles. The molecule has 0 aromatic heterocycles. The van der Waals surface area contributed by atoms with Gasteiger partial charge in [-0.2, -0.15) is 0 Å². The summed E-state index contributed by atoms with van der Waals surface area (Å²) in [6.45, 7) is 6.75. The van der Waals surface area contributed by atoms with Gasteiger partial charge in [-0.1, -0.05) is 0 Å². The molecule has 26 heavy (non-hydrogen) atoms. The first-order chi connectivity index (χ1) is 12.5. The van der Waals surface area contributed by atoms with Crippen LogP contribution >= 0.6 is 0 Å². The van der Waals surface area contributed by atoms with Crippen molar-refractivity contribution in [3.05, 3.63) is 35.6 Å². The van der Waals surface area contributed by atoms with Crippen molar-refractivity contribution in [3.63, 3.8) is 0 Å². The third-order valence-electron chi connectivity index (χ3n) is 5.91. The number of halogens is 1. The number of carbonyl (C=O) groups is 2. The van der Waals surface area contributed by atoms with Crippen LogP contribution in [0.15, 0.2) is 24.3 Å². The Labute approximate surface area is 155 Å². The van der Waals surface area contributed by atoms with Crippen molar-refractivity contribution in [2.75, 3.05) is 32.7 Å². The Balaban J connectivity index is 1.49. The van der Waals surface area contributed by atoms with E-state index in [0.29, 0.717) is 24.3 Å². The van der Waals surface area contributed by atoms with E-state index >= 15 is 0 Å². The molecular formula is C21H29FN2O2. The molecule has 1 atom stereocenters. The van der Waals surface area contributed by atoms with Crippen LogP contribution in [-0.2, 0) is 4.79 Å². The van der Waals surface area contributed by atoms with Gasteiger partial charge in [-0.3, -0.25) is 9.59 Å². The molecule has 1 aromatic rings. The lowest BCUT2D eigenvalue weighted by Gasteiger charge is -2.48. The lowest BCUT2D eigenvalue weighted by molar-refractivity contribution is -0.139. The number of Topliss-reactive ketones (excluding diaryl/α,β-unsaturated/α-hetero) is 1. The number of amides is 1. The summed E-state index contributed by atoms with van der Waals surface area (Å²) in [5, 5.41) is 0. The fraction of sp³-hybridized carbons (Fsp3) is 0.619. The number of rotatable bonds is 6. The molecule has 1 amide bonds. The normalized spacial score (nSPS) is 24.2. The Morgan fingerprint density at radius 2 is 1.96 bits per heavy atom. The van der Waals surface area contributed by atoms with Crippen molar-refractivity contribution in [1.29, 1.82) is 0 Å². The molecule has 1 spiro atoms. The Hall–Kier alpha value is -1.75. The molecule has 1 aromatic carbocycles. The van der Waals surface area contributed by atoms with E-state index in [1.165, 1.54) is 18.6 Å². The van der Waals surface area contributed by atoms with Crippen LogP contribution in [0.1, 0.15) is 55.8 Å². The second kappa shape index (κ2) is 8.30. The summed E-state index contributed by atoms with van der Waals surface area (Å²) in [6, 6.07) is 5.80. The summed E-state index contributed by atoms with van der Waals surface area (Å²) < 4.78 is 13.0. The van der Waals surface area contributed by atoms with Crippen LogP contribution in [0.2, 0.25) is 0 Å². The van der Waals surface area contributed by atoms with Crippen LogP contribution in [0.25, 0.3) is 0 Å². The molecule has 4 nitrogen and oxygen atoms in total. The maximum atomic E-state index is 13.0. The minimum atomic E-state index is -0.313. The highest BCUT2D eigenvalue weighted by Crippen LogP contribution is 2.38. The van der Waals surface area contributed by atoms with Crippen molar-refractivity contribution in [1.82, 2.24) is 9.80 Å². The fourth-order valence-corrected chi connectivity index (χ4v) is 4.47. The Kier molecular flexibility index (Phi) is 6.07. The van der Waals surface area contributed by atoms with Gasteiger partial charge in [0, 0.05) is 43.5 Å². The number of hydrogen-bond donors (Lipinski definition) is 0. The monoisotopic (exact) mass is 360 g/mol. The van der Waals surface area contributed by atoms with Crippen LogP contribution in [0, 0.1) is 11.2 Å². The number of piperidine rings is 2. The average molecular weight is 360 g/mol. The summed E-state index contributed by atoms with van der Waals surface area (Å²) in [5.74, 6) is 0.0598. The number of likely N-dealkylation sites (tertiary alicyclic amines) is 2. The van der Waals surface area contributed by atoms with E-state index in [9.17, 15) is 14.0 Å². The molecule has 3 rings (SSSR count). The summed E-state index contributed by atoms with van der Waals surface area (Å²) in [5.41, 5.74) is 0.828. The standard InChI is InChI=1S/C21H29FN2O2/c1-2-24-16-21(12-10-20(24)26)11-4-14-23(15-21)13-3-5-19(25)17-6-8-18(22)9-7-17/h6-9H,2-5,10-16H2,1H3. The van der Waals surface area contributed by atoms with E-state index < -0.39 is 0 Å². The Bertz CT molecular complexity index is 646. The molecule has 5 heteroatoms.